The van der Waals surface area contributed by atoms with E-state index >= 15 is 0 Å². The highest BCUT2D eigenvalue weighted by Gasteiger charge is 2.30. The first-order chi connectivity index (χ1) is 16.3. The van der Waals surface area contributed by atoms with E-state index in [0.717, 1.165) is 59.1 Å². The Morgan fingerprint density at radius 2 is 2.03 bits per heavy atom. The van der Waals surface area contributed by atoms with Gasteiger partial charge in [-0.25, -0.2) is 13.4 Å². The third-order valence-electron chi connectivity index (χ3n) is 6.17. The second kappa shape index (κ2) is 9.66. The number of anilines is 1. The molecule has 0 spiro atoms. The van der Waals surface area contributed by atoms with E-state index in [9.17, 15) is 8.42 Å². The summed E-state index contributed by atoms with van der Waals surface area (Å²) in [6.45, 7) is 1.63. The fraction of sp³-hybridized carbons (Fsp3) is 0.364. The van der Waals surface area contributed by atoms with Crippen LogP contribution in [0.5, 0.6) is 0 Å². The number of nitrogens with one attached hydrogen (secondary N) is 1. The number of allylic oxidation sites excluding steroid dienone is 4. The van der Waals surface area contributed by atoms with Crippen molar-refractivity contribution in [2.45, 2.75) is 29.9 Å². The zero-order chi connectivity index (χ0) is 23.9. The van der Waals surface area contributed by atoms with Gasteiger partial charge in [-0.05, 0) is 49.2 Å². The van der Waals surface area contributed by atoms with Crippen molar-refractivity contribution in [2.75, 3.05) is 25.0 Å². The van der Waals surface area contributed by atoms with Crippen LogP contribution < -0.4 is 10.8 Å². The van der Waals surface area contributed by atoms with Crippen LogP contribution in [0.2, 0.25) is 4.34 Å². The van der Waals surface area contributed by atoms with Gasteiger partial charge in [0.15, 0.2) is 5.65 Å². The molecule has 2 aliphatic rings. The van der Waals surface area contributed by atoms with Gasteiger partial charge in [-0.1, -0.05) is 35.4 Å². The van der Waals surface area contributed by atoms with Gasteiger partial charge in [-0.2, -0.15) is 13.9 Å². The quantitative estimate of drug-likeness (QED) is 0.483. The first-order valence-corrected chi connectivity index (χ1v) is 14.0. The zero-order valence-electron chi connectivity index (χ0n) is 18.2. The van der Waals surface area contributed by atoms with E-state index in [1.807, 2.05) is 12.1 Å². The standard InChI is InChI=1S/C22H22BCl2N5O2S2/c23-16-13-27-30-20(11-18(28-22(16)30)15-3-1-2-4-17(15)24)26-12-14-7-9-29(10-8-14)34(31,32)21-6-5-19(25)33-21/h1,3,5-6,11,13-14,26H,2,4,7-10,12H2. The van der Waals surface area contributed by atoms with Gasteiger partial charge in [0.1, 0.15) is 17.9 Å². The highest BCUT2D eigenvalue weighted by molar-refractivity contribution is 7.91. The third-order valence-corrected chi connectivity index (χ3v) is 10.2. The summed E-state index contributed by atoms with van der Waals surface area (Å²) in [7, 11) is 2.62. The molecule has 3 aromatic heterocycles. The number of thiophene rings is 1. The summed E-state index contributed by atoms with van der Waals surface area (Å²) < 4.78 is 29.7. The number of hydrogen-bond donors (Lipinski definition) is 1. The predicted octanol–water partition coefficient (Wildman–Crippen LogP) is 4.05. The van der Waals surface area contributed by atoms with Crippen molar-refractivity contribution in [3.05, 3.63) is 51.6 Å². The predicted molar refractivity (Wildman–Crippen MR) is 139 cm³/mol. The van der Waals surface area contributed by atoms with Crippen molar-refractivity contribution >= 4 is 74.9 Å². The number of hydrogen-bond acceptors (Lipinski definition) is 6. The summed E-state index contributed by atoms with van der Waals surface area (Å²) in [5, 5.41) is 8.64. The van der Waals surface area contributed by atoms with Gasteiger partial charge in [-0.3, -0.25) is 0 Å². The fourth-order valence-corrected chi connectivity index (χ4v) is 7.65. The molecule has 5 rings (SSSR count). The maximum atomic E-state index is 12.9. The van der Waals surface area contributed by atoms with Gasteiger partial charge < -0.3 is 5.32 Å². The largest absolute Gasteiger partial charge is 0.370 e. The molecule has 34 heavy (non-hydrogen) atoms. The van der Waals surface area contributed by atoms with Crippen LogP contribution in [0.15, 0.2) is 45.8 Å². The summed E-state index contributed by atoms with van der Waals surface area (Å²) in [5.74, 6) is 1.09. The summed E-state index contributed by atoms with van der Waals surface area (Å²) in [5.41, 5.74) is 2.71. The van der Waals surface area contributed by atoms with Crippen LogP contribution in [0.1, 0.15) is 31.4 Å². The lowest BCUT2D eigenvalue weighted by Crippen LogP contribution is -2.39. The average molecular weight is 534 g/mol. The molecule has 2 radical (unpaired) electrons. The van der Waals surface area contributed by atoms with E-state index in [1.54, 1.807) is 27.2 Å². The molecular weight excluding hydrogens is 512 g/mol. The molecular formula is C22H22BCl2N5O2S2. The second-order valence-corrected chi connectivity index (χ2v) is 12.7. The fourth-order valence-electron chi connectivity index (χ4n) is 4.27. The maximum Gasteiger partial charge on any atom is 0.252 e. The van der Waals surface area contributed by atoms with Crippen LogP contribution >= 0.6 is 34.5 Å². The summed E-state index contributed by atoms with van der Waals surface area (Å²) in [6, 6.07) is 5.13. The van der Waals surface area contributed by atoms with E-state index < -0.39 is 10.0 Å². The number of aromatic nitrogens is 3. The third kappa shape index (κ3) is 4.66. The zero-order valence-corrected chi connectivity index (χ0v) is 21.4. The first-order valence-electron chi connectivity index (χ1n) is 11.0. The Morgan fingerprint density at radius 1 is 1.24 bits per heavy atom. The Bertz CT molecular complexity index is 1390. The molecule has 0 bridgehead atoms. The Kier molecular flexibility index (Phi) is 6.78. The highest BCUT2D eigenvalue weighted by Crippen LogP contribution is 2.32. The molecule has 12 heteroatoms. The van der Waals surface area contributed by atoms with Crippen molar-refractivity contribution in [1.29, 1.82) is 0 Å². The lowest BCUT2D eigenvalue weighted by Gasteiger charge is -2.31. The molecule has 1 aliphatic heterocycles. The normalized spacial score (nSPS) is 18.2. The van der Waals surface area contributed by atoms with E-state index in [-0.39, 0.29) is 0 Å². The number of fused-ring (bicyclic) bond motifs is 1. The summed E-state index contributed by atoms with van der Waals surface area (Å²) in [6.07, 6.45) is 8.89. The van der Waals surface area contributed by atoms with Gasteiger partial charge in [0.05, 0.1) is 10.0 Å². The smallest absolute Gasteiger partial charge is 0.252 e. The van der Waals surface area contributed by atoms with Crippen LogP contribution in [-0.4, -0.2) is 54.8 Å². The van der Waals surface area contributed by atoms with Crippen molar-refractivity contribution in [3.8, 4) is 0 Å². The maximum absolute atomic E-state index is 12.9. The van der Waals surface area contributed by atoms with Gasteiger partial charge in [0.25, 0.3) is 10.0 Å². The van der Waals surface area contributed by atoms with Crippen LogP contribution in [-0.2, 0) is 10.0 Å². The molecule has 1 aliphatic carbocycles. The summed E-state index contributed by atoms with van der Waals surface area (Å²) in [4.78, 5) is 4.69. The van der Waals surface area contributed by atoms with Crippen molar-refractivity contribution in [2.24, 2.45) is 5.92 Å². The minimum absolute atomic E-state index is 0.293. The molecule has 7 nitrogen and oxygen atoms in total. The van der Waals surface area contributed by atoms with E-state index in [2.05, 4.69) is 16.5 Å². The van der Waals surface area contributed by atoms with Crippen molar-refractivity contribution < 1.29 is 8.42 Å². The number of halogens is 2. The minimum atomic E-state index is -3.49. The minimum Gasteiger partial charge on any atom is -0.370 e. The Hall–Kier alpha value is -1.85. The molecule has 0 saturated carbocycles. The Morgan fingerprint density at radius 3 is 2.74 bits per heavy atom. The van der Waals surface area contributed by atoms with E-state index in [4.69, 9.17) is 36.0 Å². The lowest BCUT2D eigenvalue weighted by atomic mass is 9.98. The summed E-state index contributed by atoms with van der Waals surface area (Å²) >= 11 is 13.5. The lowest BCUT2D eigenvalue weighted by molar-refractivity contribution is 0.282. The second-order valence-electron chi connectivity index (χ2n) is 8.41. The molecule has 1 saturated heterocycles. The number of nitrogens with zero attached hydrogens (tertiary/aromatic N) is 4. The number of piperidine rings is 1. The molecule has 1 fully saturated rings. The molecule has 0 unspecified atom stereocenters. The molecule has 0 aromatic carbocycles. The SMILES string of the molecule is [B]c1cnn2c(NCC3CCN(S(=O)(=O)c4ccc(Cl)s4)CC3)cc(C3=C(Cl)CCC=C3)nc12. The van der Waals surface area contributed by atoms with E-state index in [1.165, 1.54) is 0 Å². The molecule has 0 amide bonds. The van der Waals surface area contributed by atoms with Gasteiger partial charge in [0.2, 0.25) is 0 Å². The average Bonchev–Trinajstić information content (AvgIpc) is 3.44. The monoisotopic (exact) mass is 533 g/mol. The number of rotatable bonds is 6. The van der Waals surface area contributed by atoms with Gasteiger partial charge >= 0.3 is 0 Å². The van der Waals surface area contributed by atoms with Gasteiger partial charge in [0, 0.05) is 42.5 Å². The first kappa shape index (κ1) is 23.9. The molecule has 1 N–H and O–H groups in total. The van der Waals surface area contributed by atoms with E-state index in [0.29, 0.717) is 45.2 Å². The van der Waals surface area contributed by atoms with Crippen molar-refractivity contribution in [1.82, 2.24) is 18.9 Å². The van der Waals surface area contributed by atoms with Crippen LogP contribution in [0.3, 0.4) is 0 Å². The molecule has 176 valence electrons. The molecule has 3 aromatic rings. The highest BCUT2D eigenvalue weighted by atomic mass is 35.5. The topological polar surface area (TPSA) is 79.6 Å². The number of sulfonamides is 1. The van der Waals surface area contributed by atoms with Crippen LogP contribution in [0.4, 0.5) is 5.82 Å². The van der Waals surface area contributed by atoms with Gasteiger partial charge in [-0.15, -0.1) is 11.3 Å². The molecule has 4 heterocycles. The van der Waals surface area contributed by atoms with Crippen LogP contribution in [0, 0.1) is 5.92 Å². The van der Waals surface area contributed by atoms with Crippen molar-refractivity contribution in [3.63, 3.8) is 0 Å². The van der Waals surface area contributed by atoms with Crippen LogP contribution in [0.25, 0.3) is 11.2 Å². The molecule has 0 atom stereocenters. The Balaban J connectivity index is 1.30. The Labute approximate surface area is 213 Å².